The van der Waals surface area contributed by atoms with Gasteiger partial charge in [0.25, 0.3) is 0 Å². The van der Waals surface area contributed by atoms with Crippen LogP contribution in [-0.2, 0) is 9.47 Å². The zero-order valence-electron chi connectivity index (χ0n) is 20.6. The van der Waals surface area contributed by atoms with Gasteiger partial charge in [-0.1, -0.05) is 48.0 Å². The van der Waals surface area contributed by atoms with Crippen LogP contribution in [-0.4, -0.2) is 65.2 Å². The summed E-state index contributed by atoms with van der Waals surface area (Å²) < 4.78 is 11.0. The number of amides is 1. The van der Waals surface area contributed by atoms with Crippen molar-refractivity contribution in [2.24, 2.45) is 0 Å². The van der Waals surface area contributed by atoms with E-state index in [4.69, 9.17) is 21.1 Å². The topological polar surface area (TPSA) is 74.9 Å². The molecule has 1 N–H and O–H groups in total. The van der Waals surface area contributed by atoms with Crippen LogP contribution in [0.4, 0.5) is 4.79 Å². The summed E-state index contributed by atoms with van der Waals surface area (Å²) >= 11 is 6.71. The van der Waals surface area contributed by atoms with Crippen molar-refractivity contribution >= 4 is 34.6 Å². The molecule has 0 radical (unpaired) electrons. The molecule has 0 aliphatic carbocycles. The number of para-hydroxylation sites is 1. The molecule has 4 rings (SSSR count). The third-order valence-electron chi connectivity index (χ3n) is 6.03. The first-order valence-electron chi connectivity index (χ1n) is 11.9. The molecule has 35 heavy (non-hydrogen) atoms. The molecule has 7 nitrogen and oxygen atoms in total. The van der Waals surface area contributed by atoms with Crippen LogP contribution in [0.15, 0.2) is 48.5 Å². The molecule has 1 aliphatic heterocycles. The Bertz CT molecular complexity index is 1210. The fraction of sp³-hybridized carbons (Fsp3) is 0.407. The minimum absolute atomic E-state index is 0.277. The van der Waals surface area contributed by atoms with E-state index in [1.54, 1.807) is 11.8 Å². The number of esters is 1. The number of nitrogens with zero attached hydrogens (tertiary/aromatic N) is 2. The average Bonchev–Trinajstić information content (AvgIpc) is 3.19. The molecule has 3 aromatic rings. The Morgan fingerprint density at radius 2 is 1.69 bits per heavy atom. The van der Waals surface area contributed by atoms with Crippen LogP contribution in [0.3, 0.4) is 0 Å². The van der Waals surface area contributed by atoms with Crippen LogP contribution in [0, 0.1) is 0 Å². The van der Waals surface area contributed by atoms with E-state index in [1.165, 1.54) is 0 Å². The zero-order chi connectivity index (χ0) is 25.2. The summed E-state index contributed by atoms with van der Waals surface area (Å²) in [7, 11) is 0. The van der Waals surface area contributed by atoms with Crippen molar-refractivity contribution in [3.63, 3.8) is 0 Å². The predicted octanol–water partition coefficient (Wildman–Crippen LogP) is 5.64. The third-order valence-corrected chi connectivity index (χ3v) is 6.37. The van der Waals surface area contributed by atoms with Crippen LogP contribution < -0.4 is 0 Å². The van der Waals surface area contributed by atoms with Crippen LogP contribution in [0.25, 0.3) is 10.9 Å². The Morgan fingerprint density at radius 1 is 1.03 bits per heavy atom. The molecule has 8 heteroatoms. The number of carbonyl (C=O) groups excluding carboxylic acids is 2. The Kier molecular flexibility index (Phi) is 7.38. The van der Waals surface area contributed by atoms with Crippen molar-refractivity contribution < 1.29 is 19.1 Å². The second-order valence-corrected chi connectivity index (χ2v) is 10.0. The second-order valence-electron chi connectivity index (χ2n) is 9.61. The number of aromatic amines is 1. The van der Waals surface area contributed by atoms with Gasteiger partial charge in [-0.05, 0) is 45.4 Å². The predicted molar refractivity (Wildman–Crippen MR) is 137 cm³/mol. The summed E-state index contributed by atoms with van der Waals surface area (Å²) in [5.41, 5.74) is 2.46. The molecular formula is C27H32ClN3O4. The second kappa shape index (κ2) is 10.3. The number of halogens is 1. The highest BCUT2D eigenvalue weighted by atomic mass is 35.5. The van der Waals surface area contributed by atoms with Gasteiger partial charge in [-0.25, -0.2) is 9.59 Å². The van der Waals surface area contributed by atoms with Crippen molar-refractivity contribution in [1.82, 2.24) is 14.8 Å². The summed E-state index contributed by atoms with van der Waals surface area (Å²) in [6, 6.07) is 15.2. The quantitative estimate of drug-likeness (QED) is 0.462. The Morgan fingerprint density at radius 3 is 2.34 bits per heavy atom. The van der Waals surface area contributed by atoms with E-state index < -0.39 is 11.6 Å². The van der Waals surface area contributed by atoms with E-state index in [-0.39, 0.29) is 18.7 Å². The summed E-state index contributed by atoms with van der Waals surface area (Å²) in [4.78, 5) is 32.9. The van der Waals surface area contributed by atoms with Gasteiger partial charge in [0.05, 0.1) is 12.6 Å². The van der Waals surface area contributed by atoms with Crippen molar-refractivity contribution in [2.75, 3.05) is 32.8 Å². The zero-order valence-corrected chi connectivity index (χ0v) is 21.4. The minimum atomic E-state index is -0.549. The lowest BCUT2D eigenvalue weighted by Crippen LogP contribution is -2.51. The lowest BCUT2D eigenvalue weighted by atomic mass is 9.93. The van der Waals surface area contributed by atoms with E-state index >= 15 is 0 Å². The number of rotatable bonds is 5. The monoisotopic (exact) mass is 497 g/mol. The average molecular weight is 498 g/mol. The fourth-order valence-corrected chi connectivity index (χ4v) is 4.77. The molecule has 2 aromatic carbocycles. The van der Waals surface area contributed by atoms with E-state index in [0.717, 1.165) is 22.0 Å². The number of piperazine rings is 1. The van der Waals surface area contributed by atoms with Crippen LogP contribution >= 0.6 is 11.6 Å². The Hall–Kier alpha value is -3.03. The summed E-state index contributed by atoms with van der Waals surface area (Å²) in [5, 5.41) is 1.56. The smallest absolute Gasteiger partial charge is 0.410 e. The highest BCUT2D eigenvalue weighted by Gasteiger charge is 2.35. The molecule has 1 amide bonds. The van der Waals surface area contributed by atoms with Gasteiger partial charge in [-0.3, -0.25) is 4.90 Å². The number of nitrogens with one attached hydrogen (secondary N) is 1. The number of H-pyrrole nitrogens is 1. The SMILES string of the molecule is CCOC(=O)c1[nH]c2ccccc2c1C(c1ccccc1Cl)N1CCN(C(=O)OC(C)(C)C)CC1. The Labute approximate surface area is 210 Å². The highest BCUT2D eigenvalue weighted by molar-refractivity contribution is 6.31. The van der Waals surface area contributed by atoms with E-state index in [1.807, 2.05) is 69.3 Å². The van der Waals surface area contributed by atoms with Crippen molar-refractivity contribution in [3.05, 3.63) is 70.4 Å². The van der Waals surface area contributed by atoms with Gasteiger partial charge in [0.2, 0.25) is 0 Å². The third kappa shape index (κ3) is 5.46. The standard InChI is InChI=1S/C27H32ClN3O4/c1-5-34-25(32)23-22(19-11-7-9-13-21(19)29-23)24(18-10-6-8-12-20(18)28)30-14-16-31(17-15-30)26(33)35-27(2,3)4/h6-13,24,29H,5,14-17H2,1-4H3. The van der Waals surface area contributed by atoms with E-state index in [9.17, 15) is 9.59 Å². The number of carbonyl (C=O) groups is 2. The normalized spacial score (nSPS) is 15.7. The molecule has 0 bridgehead atoms. The van der Waals surface area contributed by atoms with E-state index in [0.29, 0.717) is 36.9 Å². The largest absolute Gasteiger partial charge is 0.461 e. The molecule has 0 spiro atoms. The maximum atomic E-state index is 13.0. The molecular weight excluding hydrogens is 466 g/mol. The molecule has 1 unspecified atom stereocenters. The van der Waals surface area contributed by atoms with Gasteiger partial charge >= 0.3 is 12.1 Å². The number of ether oxygens (including phenoxy) is 2. The lowest BCUT2D eigenvalue weighted by Gasteiger charge is -2.40. The summed E-state index contributed by atoms with van der Waals surface area (Å²) in [5.74, 6) is -0.400. The van der Waals surface area contributed by atoms with Crippen molar-refractivity contribution in [3.8, 4) is 0 Å². The summed E-state index contributed by atoms with van der Waals surface area (Å²) in [6.07, 6.45) is -0.314. The number of aromatic nitrogens is 1. The number of fused-ring (bicyclic) bond motifs is 1. The Balaban J connectivity index is 1.75. The van der Waals surface area contributed by atoms with Gasteiger partial charge in [-0.15, -0.1) is 0 Å². The van der Waals surface area contributed by atoms with Gasteiger partial charge in [-0.2, -0.15) is 0 Å². The van der Waals surface area contributed by atoms with Gasteiger partial charge < -0.3 is 19.4 Å². The summed E-state index contributed by atoms with van der Waals surface area (Å²) in [6.45, 7) is 9.86. The molecule has 1 fully saturated rings. The number of hydrogen-bond acceptors (Lipinski definition) is 5. The molecule has 0 saturated carbocycles. The first-order chi connectivity index (χ1) is 16.7. The van der Waals surface area contributed by atoms with Gasteiger partial charge in [0.1, 0.15) is 11.3 Å². The highest BCUT2D eigenvalue weighted by Crippen LogP contribution is 2.39. The fourth-order valence-electron chi connectivity index (χ4n) is 4.53. The first-order valence-corrected chi connectivity index (χ1v) is 12.3. The maximum absolute atomic E-state index is 13.0. The minimum Gasteiger partial charge on any atom is -0.461 e. The van der Waals surface area contributed by atoms with Crippen LogP contribution in [0.2, 0.25) is 5.02 Å². The first kappa shape index (κ1) is 25.1. The molecule has 1 atom stereocenters. The lowest BCUT2D eigenvalue weighted by molar-refractivity contribution is 0.0119. The van der Waals surface area contributed by atoms with Gasteiger partial charge in [0.15, 0.2) is 0 Å². The number of benzene rings is 2. The maximum Gasteiger partial charge on any atom is 0.410 e. The van der Waals surface area contributed by atoms with Gasteiger partial charge in [0, 0.05) is 47.7 Å². The molecule has 1 aromatic heterocycles. The van der Waals surface area contributed by atoms with Crippen LogP contribution in [0.1, 0.15) is 55.4 Å². The number of hydrogen-bond donors (Lipinski definition) is 1. The molecule has 1 aliphatic rings. The van der Waals surface area contributed by atoms with E-state index in [2.05, 4.69) is 9.88 Å². The molecule has 186 valence electrons. The molecule has 1 saturated heterocycles. The molecule has 2 heterocycles. The van der Waals surface area contributed by atoms with Crippen molar-refractivity contribution in [2.45, 2.75) is 39.3 Å². The van der Waals surface area contributed by atoms with Crippen LogP contribution in [0.5, 0.6) is 0 Å². The van der Waals surface area contributed by atoms with Crippen molar-refractivity contribution in [1.29, 1.82) is 0 Å².